The monoisotopic (exact) mass is 395 g/mol. The summed E-state index contributed by atoms with van der Waals surface area (Å²) < 4.78 is 13.7. The minimum absolute atomic E-state index is 0.0846. The lowest BCUT2D eigenvalue weighted by Crippen LogP contribution is -2.25. The topological polar surface area (TPSA) is 58.4 Å². The van der Waals surface area contributed by atoms with Crippen LogP contribution in [0.2, 0.25) is 0 Å². The van der Waals surface area contributed by atoms with Gasteiger partial charge in [-0.3, -0.25) is 10.1 Å². The van der Waals surface area contributed by atoms with Gasteiger partial charge in [0.05, 0.1) is 8.49 Å². The van der Waals surface area contributed by atoms with Crippen molar-refractivity contribution >= 4 is 34.0 Å². The lowest BCUT2D eigenvalue weighted by molar-refractivity contribution is -0.384. The molecule has 0 unspecified atom stereocenters. The normalized spacial score (nSPS) is 10.8. The van der Waals surface area contributed by atoms with E-state index in [1.165, 1.54) is 12.1 Å². The molecule has 7 heteroatoms. The predicted molar refractivity (Wildman–Crippen MR) is 86.7 cm³/mol. The zero-order valence-electron chi connectivity index (χ0n) is 11.7. The number of nitro groups is 1. The number of halogens is 2. The third-order valence-electron chi connectivity index (χ3n) is 3.10. The van der Waals surface area contributed by atoms with E-state index in [0.717, 1.165) is 26.1 Å². The van der Waals surface area contributed by atoms with Gasteiger partial charge in [0, 0.05) is 18.7 Å². The SMILES string of the molecule is CCN(CC)CCCNc1cc(F)c(I)cc1[N+](=O)[O-]. The van der Waals surface area contributed by atoms with E-state index in [1.54, 1.807) is 22.6 Å². The highest BCUT2D eigenvalue weighted by Crippen LogP contribution is 2.28. The minimum atomic E-state index is -0.492. The Hall–Kier alpha value is -0.960. The number of hydrogen-bond acceptors (Lipinski definition) is 4. The van der Waals surface area contributed by atoms with Crippen LogP contribution in [-0.2, 0) is 0 Å². The van der Waals surface area contributed by atoms with Crippen LogP contribution in [0.25, 0.3) is 0 Å². The molecule has 112 valence electrons. The second-order valence-corrected chi connectivity index (χ2v) is 5.51. The summed E-state index contributed by atoms with van der Waals surface area (Å²) in [7, 11) is 0. The average molecular weight is 395 g/mol. The molecule has 1 N–H and O–H groups in total. The summed E-state index contributed by atoms with van der Waals surface area (Å²) in [6, 6.07) is 2.44. The first-order chi connectivity index (χ1) is 9.49. The van der Waals surface area contributed by atoms with Gasteiger partial charge < -0.3 is 10.2 Å². The highest BCUT2D eigenvalue weighted by molar-refractivity contribution is 14.1. The first-order valence-corrected chi connectivity index (χ1v) is 7.67. The van der Waals surface area contributed by atoms with Crippen LogP contribution in [-0.4, -0.2) is 36.0 Å². The fraction of sp³-hybridized carbons (Fsp3) is 0.538. The summed E-state index contributed by atoms with van der Waals surface area (Å²) in [5.41, 5.74) is 0.158. The van der Waals surface area contributed by atoms with E-state index in [4.69, 9.17) is 0 Å². The Kier molecular flexibility index (Phi) is 7.14. The molecule has 1 aromatic carbocycles. The maximum absolute atomic E-state index is 13.5. The van der Waals surface area contributed by atoms with Crippen LogP contribution >= 0.6 is 22.6 Å². The Morgan fingerprint density at radius 3 is 2.60 bits per heavy atom. The Labute approximate surface area is 131 Å². The molecule has 0 aliphatic carbocycles. The smallest absolute Gasteiger partial charge is 0.293 e. The number of nitrogens with one attached hydrogen (secondary N) is 1. The molecular weight excluding hydrogens is 376 g/mol. The van der Waals surface area contributed by atoms with Crippen LogP contribution in [0.3, 0.4) is 0 Å². The summed E-state index contributed by atoms with van der Waals surface area (Å²) in [4.78, 5) is 12.7. The Balaban J connectivity index is 2.63. The van der Waals surface area contributed by atoms with Gasteiger partial charge in [0.1, 0.15) is 11.5 Å². The molecule has 0 heterocycles. The third-order valence-corrected chi connectivity index (χ3v) is 3.92. The lowest BCUT2D eigenvalue weighted by atomic mass is 10.2. The molecule has 0 fully saturated rings. The molecule has 0 aliphatic rings. The van der Waals surface area contributed by atoms with E-state index < -0.39 is 10.7 Å². The summed E-state index contributed by atoms with van der Waals surface area (Å²) in [6.45, 7) is 7.65. The molecule has 0 aromatic heterocycles. The van der Waals surface area contributed by atoms with Crippen LogP contribution in [0.1, 0.15) is 20.3 Å². The molecule has 0 radical (unpaired) electrons. The number of rotatable bonds is 8. The molecule has 0 amide bonds. The molecule has 1 rings (SSSR count). The van der Waals surface area contributed by atoms with E-state index in [0.29, 0.717) is 6.54 Å². The maximum atomic E-state index is 13.5. The van der Waals surface area contributed by atoms with E-state index in [1.807, 2.05) is 0 Å². The minimum Gasteiger partial charge on any atom is -0.379 e. The first kappa shape index (κ1) is 17.1. The van der Waals surface area contributed by atoms with Gasteiger partial charge >= 0.3 is 0 Å². The largest absolute Gasteiger partial charge is 0.379 e. The van der Waals surface area contributed by atoms with Crippen molar-refractivity contribution in [1.29, 1.82) is 0 Å². The third kappa shape index (κ3) is 4.86. The van der Waals surface area contributed by atoms with Crippen molar-refractivity contribution in [3.8, 4) is 0 Å². The van der Waals surface area contributed by atoms with E-state index in [2.05, 4.69) is 24.1 Å². The molecule has 0 atom stereocenters. The number of nitrogens with zero attached hydrogens (tertiary/aromatic N) is 2. The van der Waals surface area contributed by atoms with Gasteiger partial charge in [-0.1, -0.05) is 13.8 Å². The number of nitro benzene ring substituents is 1. The van der Waals surface area contributed by atoms with E-state index in [9.17, 15) is 14.5 Å². The van der Waals surface area contributed by atoms with Crippen molar-refractivity contribution < 1.29 is 9.31 Å². The first-order valence-electron chi connectivity index (χ1n) is 6.59. The van der Waals surface area contributed by atoms with Crippen molar-refractivity contribution in [1.82, 2.24) is 4.90 Å². The molecule has 0 bridgehead atoms. The average Bonchev–Trinajstić information content (AvgIpc) is 2.42. The number of hydrogen-bond donors (Lipinski definition) is 1. The highest BCUT2D eigenvalue weighted by Gasteiger charge is 2.17. The standard InChI is InChI=1S/C13H19FIN3O2/c1-3-17(4-2)7-5-6-16-12-8-10(14)11(15)9-13(12)18(19)20/h8-9,16H,3-7H2,1-2H3. The van der Waals surface area contributed by atoms with Crippen molar-refractivity contribution in [2.45, 2.75) is 20.3 Å². The Bertz CT molecular complexity index is 467. The van der Waals surface area contributed by atoms with Crippen molar-refractivity contribution in [3.05, 3.63) is 31.6 Å². The fourth-order valence-corrected chi connectivity index (χ4v) is 2.35. The van der Waals surface area contributed by atoms with Gasteiger partial charge in [-0.2, -0.15) is 0 Å². The van der Waals surface area contributed by atoms with Crippen LogP contribution in [0, 0.1) is 19.5 Å². The summed E-state index contributed by atoms with van der Waals surface area (Å²) in [5, 5.41) is 13.9. The molecule has 0 spiro atoms. The van der Waals surface area contributed by atoms with Gasteiger partial charge in [-0.15, -0.1) is 0 Å². The molecule has 0 saturated carbocycles. The summed E-state index contributed by atoms with van der Waals surface area (Å²) >= 11 is 1.75. The molecule has 1 aromatic rings. The molecular formula is C13H19FIN3O2. The van der Waals surface area contributed by atoms with E-state index >= 15 is 0 Å². The second kappa shape index (κ2) is 8.35. The number of anilines is 1. The van der Waals surface area contributed by atoms with Gasteiger partial charge in [-0.25, -0.2) is 4.39 Å². The maximum Gasteiger partial charge on any atom is 0.293 e. The molecule has 5 nitrogen and oxygen atoms in total. The van der Waals surface area contributed by atoms with Crippen molar-refractivity contribution in [3.63, 3.8) is 0 Å². The highest BCUT2D eigenvalue weighted by atomic mass is 127. The zero-order chi connectivity index (χ0) is 15.1. The summed E-state index contributed by atoms with van der Waals surface area (Å²) in [6.07, 6.45) is 0.854. The number of benzene rings is 1. The fourth-order valence-electron chi connectivity index (χ4n) is 1.89. The van der Waals surface area contributed by atoms with Gasteiger partial charge in [0.15, 0.2) is 0 Å². The van der Waals surface area contributed by atoms with Crippen LogP contribution in [0.5, 0.6) is 0 Å². The molecule has 0 saturated heterocycles. The van der Waals surface area contributed by atoms with Crippen LogP contribution < -0.4 is 5.32 Å². The predicted octanol–water partition coefficient (Wildman–Crippen LogP) is 3.48. The Morgan fingerprint density at radius 2 is 2.05 bits per heavy atom. The quantitative estimate of drug-likeness (QED) is 0.317. The van der Waals surface area contributed by atoms with Gasteiger partial charge in [0.2, 0.25) is 0 Å². The zero-order valence-corrected chi connectivity index (χ0v) is 13.8. The molecule has 0 aliphatic heterocycles. The Morgan fingerprint density at radius 1 is 1.40 bits per heavy atom. The second-order valence-electron chi connectivity index (χ2n) is 4.35. The van der Waals surface area contributed by atoms with Crippen molar-refractivity contribution in [2.24, 2.45) is 0 Å². The summed E-state index contributed by atoms with van der Waals surface area (Å²) in [5.74, 6) is -0.442. The van der Waals surface area contributed by atoms with Gasteiger partial charge in [-0.05, 0) is 48.6 Å². The van der Waals surface area contributed by atoms with Gasteiger partial charge in [0.25, 0.3) is 5.69 Å². The van der Waals surface area contributed by atoms with Crippen LogP contribution in [0.4, 0.5) is 15.8 Å². The molecule has 20 heavy (non-hydrogen) atoms. The lowest BCUT2D eigenvalue weighted by Gasteiger charge is -2.17. The van der Waals surface area contributed by atoms with Crippen molar-refractivity contribution in [2.75, 3.05) is 31.5 Å². The van der Waals surface area contributed by atoms with Crippen LogP contribution in [0.15, 0.2) is 12.1 Å². The van der Waals surface area contributed by atoms with E-state index in [-0.39, 0.29) is 14.9 Å².